The fourth-order valence-corrected chi connectivity index (χ4v) is 5.18. The second-order valence-corrected chi connectivity index (χ2v) is 8.95. The standard InChI is InChI=1S/C23H17FN4O3S/c1-31-19-9-5-4-8-18(19)28-22(25)21(32(29,30)15-12-10-14(24)11-13-15)20-23(28)27-17-7-3-2-6-16(17)26-20/h2-13H,25H2,1H3. The maximum absolute atomic E-state index is 13.6. The van der Waals surface area contributed by atoms with Gasteiger partial charge in [-0.25, -0.2) is 22.8 Å². The molecule has 0 aliphatic heterocycles. The average molecular weight is 448 g/mol. The molecule has 160 valence electrons. The van der Waals surface area contributed by atoms with E-state index in [1.165, 1.54) is 23.8 Å². The number of ether oxygens (including phenoxy) is 1. The maximum Gasteiger partial charge on any atom is 0.212 e. The predicted octanol–water partition coefficient (Wildman–Crippen LogP) is 4.14. The lowest BCUT2D eigenvalue weighted by Gasteiger charge is -2.12. The summed E-state index contributed by atoms with van der Waals surface area (Å²) in [5, 5.41) is 0. The van der Waals surface area contributed by atoms with Crippen molar-refractivity contribution in [1.82, 2.24) is 14.5 Å². The molecule has 0 aliphatic rings. The lowest BCUT2D eigenvalue weighted by Crippen LogP contribution is -2.08. The molecule has 0 radical (unpaired) electrons. The minimum absolute atomic E-state index is 0.0656. The van der Waals surface area contributed by atoms with Crippen LogP contribution in [0.25, 0.3) is 27.9 Å². The van der Waals surface area contributed by atoms with Gasteiger partial charge in [0.1, 0.15) is 27.8 Å². The predicted molar refractivity (Wildman–Crippen MR) is 119 cm³/mol. The summed E-state index contributed by atoms with van der Waals surface area (Å²) in [6, 6.07) is 18.8. The van der Waals surface area contributed by atoms with Crippen molar-refractivity contribution in [2.45, 2.75) is 9.79 Å². The summed E-state index contributed by atoms with van der Waals surface area (Å²) in [4.78, 5) is 8.98. The molecule has 0 unspecified atom stereocenters. The van der Waals surface area contributed by atoms with E-state index in [9.17, 15) is 12.8 Å². The molecule has 9 heteroatoms. The summed E-state index contributed by atoms with van der Waals surface area (Å²) in [7, 11) is -2.63. The van der Waals surface area contributed by atoms with Crippen molar-refractivity contribution in [2.75, 3.05) is 12.8 Å². The number of hydrogen-bond acceptors (Lipinski definition) is 6. The van der Waals surface area contributed by atoms with Gasteiger partial charge in [0.15, 0.2) is 5.65 Å². The Bertz CT molecular complexity index is 1600. The fourth-order valence-electron chi connectivity index (χ4n) is 3.69. The molecule has 3 aromatic carbocycles. The molecule has 0 aliphatic carbocycles. The first kappa shape index (κ1) is 20.0. The number of fused-ring (bicyclic) bond motifs is 2. The Kier molecular flexibility index (Phi) is 4.56. The number of sulfone groups is 1. The summed E-state index contributed by atoms with van der Waals surface area (Å²) >= 11 is 0. The van der Waals surface area contributed by atoms with Crippen LogP contribution in [0.5, 0.6) is 5.75 Å². The number of aromatic nitrogens is 3. The van der Waals surface area contributed by atoms with E-state index in [0.717, 1.165) is 12.1 Å². The third kappa shape index (κ3) is 2.97. The minimum Gasteiger partial charge on any atom is -0.495 e. The number of halogens is 1. The summed E-state index contributed by atoms with van der Waals surface area (Å²) in [6.45, 7) is 0. The summed E-state index contributed by atoms with van der Waals surface area (Å²) in [5.74, 6) is -0.125. The summed E-state index contributed by atoms with van der Waals surface area (Å²) in [5.41, 5.74) is 8.47. The number of benzene rings is 3. The highest BCUT2D eigenvalue weighted by atomic mass is 32.2. The van der Waals surface area contributed by atoms with Gasteiger partial charge in [0.05, 0.1) is 28.7 Å². The van der Waals surface area contributed by atoms with Crippen LogP contribution in [-0.4, -0.2) is 30.1 Å². The molecule has 2 aromatic heterocycles. The van der Waals surface area contributed by atoms with E-state index in [2.05, 4.69) is 9.97 Å². The van der Waals surface area contributed by atoms with Crippen LogP contribution in [0.3, 0.4) is 0 Å². The Hall–Kier alpha value is -3.98. The molecule has 0 fully saturated rings. The molecule has 0 saturated heterocycles. The van der Waals surface area contributed by atoms with Crippen LogP contribution in [0.1, 0.15) is 0 Å². The number of hydrogen-bond donors (Lipinski definition) is 1. The van der Waals surface area contributed by atoms with Gasteiger partial charge in [0.2, 0.25) is 9.84 Å². The van der Waals surface area contributed by atoms with Gasteiger partial charge in [-0.2, -0.15) is 0 Å². The monoisotopic (exact) mass is 448 g/mol. The molecule has 0 atom stereocenters. The zero-order valence-electron chi connectivity index (χ0n) is 16.9. The quantitative estimate of drug-likeness (QED) is 0.415. The first-order valence-corrected chi connectivity index (χ1v) is 11.1. The van der Waals surface area contributed by atoms with Crippen molar-refractivity contribution in [3.8, 4) is 11.4 Å². The largest absolute Gasteiger partial charge is 0.495 e. The average Bonchev–Trinajstić information content (AvgIpc) is 3.08. The van der Waals surface area contributed by atoms with E-state index in [4.69, 9.17) is 10.5 Å². The second kappa shape index (κ2) is 7.31. The zero-order chi connectivity index (χ0) is 22.5. The number of anilines is 1. The number of para-hydroxylation sites is 4. The summed E-state index contributed by atoms with van der Waals surface area (Å²) < 4.78 is 47.6. The lowest BCUT2D eigenvalue weighted by molar-refractivity contribution is 0.413. The number of nitrogens with zero attached hydrogens (tertiary/aromatic N) is 3. The third-order valence-corrected chi connectivity index (χ3v) is 7.00. The highest BCUT2D eigenvalue weighted by molar-refractivity contribution is 7.92. The van der Waals surface area contributed by atoms with E-state index >= 15 is 0 Å². The van der Waals surface area contributed by atoms with Crippen LogP contribution in [0.15, 0.2) is 82.6 Å². The number of nitrogen functional groups attached to an aromatic ring is 1. The van der Waals surface area contributed by atoms with Crippen LogP contribution >= 0.6 is 0 Å². The Morgan fingerprint density at radius 1 is 0.906 bits per heavy atom. The summed E-state index contributed by atoms with van der Waals surface area (Å²) in [6.07, 6.45) is 0. The zero-order valence-corrected chi connectivity index (χ0v) is 17.7. The smallest absolute Gasteiger partial charge is 0.212 e. The van der Waals surface area contributed by atoms with Crippen molar-refractivity contribution < 1.29 is 17.5 Å². The lowest BCUT2D eigenvalue weighted by atomic mass is 10.3. The van der Waals surface area contributed by atoms with Crippen LogP contribution in [-0.2, 0) is 9.84 Å². The Morgan fingerprint density at radius 2 is 1.53 bits per heavy atom. The topological polar surface area (TPSA) is 100 Å². The molecule has 7 nitrogen and oxygen atoms in total. The molecule has 0 amide bonds. The highest BCUT2D eigenvalue weighted by Gasteiger charge is 2.31. The highest BCUT2D eigenvalue weighted by Crippen LogP contribution is 2.39. The fraction of sp³-hybridized carbons (Fsp3) is 0.0435. The Labute approximate surface area is 182 Å². The van der Waals surface area contributed by atoms with Gasteiger partial charge in [-0.3, -0.25) is 4.57 Å². The van der Waals surface area contributed by atoms with Crippen molar-refractivity contribution in [1.29, 1.82) is 0 Å². The van der Waals surface area contributed by atoms with Crippen LogP contribution in [0.4, 0.5) is 10.2 Å². The Balaban J connectivity index is 1.93. The van der Waals surface area contributed by atoms with E-state index in [1.807, 2.05) is 6.07 Å². The van der Waals surface area contributed by atoms with Gasteiger partial charge in [0.25, 0.3) is 0 Å². The van der Waals surface area contributed by atoms with Crippen molar-refractivity contribution in [3.63, 3.8) is 0 Å². The van der Waals surface area contributed by atoms with Crippen LogP contribution < -0.4 is 10.5 Å². The number of rotatable bonds is 4. The van der Waals surface area contributed by atoms with E-state index in [1.54, 1.807) is 42.5 Å². The number of methoxy groups -OCH3 is 1. The molecule has 0 bridgehead atoms. The molecule has 0 spiro atoms. The van der Waals surface area contributed by atoms with Crippen LogP contribution in [0.2, 0.25) is 0 Å². The SMILES string of the molecule is COc1ccccc1-n1c(N)c(S(=O)(=O)c2ccc(F)cc2)c2nc3ccccc3nc21. The molecule has 5 aromatic rings. The van der Waals surface area contributed by atoms with Crippen LogP contribution in [0, 0.1) is 5.82 Å². The van der Waals surface area contributed by atoms with E-state index in [0.29, 0.717) is 22.5 Å². The molecule has 5 rings (SSSR count). The van der Waals surface area contributed by atoms with Crippen molar-refractivity contribution in [3.05, 3.63) is 78.6 Å². The molecule has 0 saturated carbocycles. The molecule has 32 heavy (non-hydrogen) atoms. The van der Waals surface area contributed by atoms with E-state index in [-0.39, 0.29) is 26.8 Å². The second-order valence-electron chi connectivity index (χ2n) is 7.06. The van der Waals surface area contributed by atoms with Gasteiger partial charge >= 0.3 is 0 Å². The number of nitrogens with two attached hydrogens (primary N) is 1. The first-order valence-electron chi connectivity index (χ1n) is 9.62. The van der Waals surface area contributed by atoms with Crippen molar-refractivity contribution >= 4 is 37.9 Å². The molecule has 2 N–H and O–H groups in total. The normalized spacial score (nSPS) is 11.8. The maximum atomic E-state index is 13.6. The van der Waals surface area contributed by atoms with Gasteiger partial charge in [-0.05, 0) is 48.5 Å². The Morgan fingerprint density at radius 3 is 2.22 bits per heavy atom. The minimum atomic E-state index is -4.14. The first-order chi connectivity index (χ1) is 15.4. The third-order valence-electron chi connectivity index (χ3n) is 5.17. The molecular weight excluding hydrogens is 431 g/mol. The van der Waals surface area contributed by atoms with E-state index < -0.39 is 15.7 Å². The molecule has 2 heterocycles. The van der Waals surface area contributed by atoms with Gasteiger partial charge in [-0.15, -0.1) is 0 Å². The van der Waals surface area contributed by atoms with Gasteiger partial charge in [0, 0.05) is 0 Å². The van der Waals surface area contributed by atoms with Gasteiger partial charge < -0.3 is 10.5 Å². The molecular formula is C23H17FN4O3S. The van der Waals surface area contributed by atoms with Gasteiger partial charge in [-0.1, -0.05) is 24.3 Å². The van der Waals surface area contributed by atoms with Crippen molar-refractivity contribution in [2.24, 2.45) is 0 Å².